The molecule has 0 saturated heterocycles. The molecule has 1 aromatic heterocycles. The van der Waals surface area contributed by atoms with Gasteiger partial charge in [0.1, 0.15) is 5.69 Å². The van der Waals surface area contributed by atoms with Gasteiger partial charge in [-0.05, 0) is 31.2 Å². The lowest BCUT2D eigenvalue weighted by molar-refractivity contribution is -0.130. The van der Waals surface area contributed by atoms with Crippen LogP contribution < -0.4 is 5.32 Å². The van der Waals surface area contributed by atoms with Crippen molar-refractivity contribution in [2.24, 2.45) is 11.8 Å². The summed E-state index contributed by atoms with van der Waals surface area (Å²) in [6.45, 7) is 5.95. The molecule has 4 atom stereocenters. The summed E-state index contributed by atoms with van der Waals surface area (Å²) in [6, 6.07) is 1.62. The highest BCUT2D eigenvalue weighted by molar-refractivity contribution is 6.30. The zero-order valence-electron chi connectivity index (χ0n) is 13.2. The van der Waals surface area contributed by atoms with Crippen LogP contribution in [-0.2, 0) is 9.53 Å². The Morgan fingerprint density at radius 1 is 1.41 bits per heavy atom. The Bertz CT molecular complexity index is 543. The lowest BCUT2D eigenvalue weighted by Gasteiger charge is -2.35. The van der Waals surface area contributed by atoms with Crippen molar-refractivity contribution in [2.75, 3.05) is 0 Å². The summed E-state index contributed by atoms with van der Waals surface area (Å²) in [5.41, 5.74) is 0.240. The molecule has 1 heterocycles. The van der Waals surface area contributed by atoms with Gasteiger partial charge in [-0.1, -0.05) is 38.3 Å². The third-order valence-corrected chi connectivity index (χ3v) is 4.77. The number of esters is 1. The van der Waals surface area contributed by atoms with Crippen LogP contribution in [0.15, 0.2) is 12.3 Å². The Labute approximate surface area is 135 Å². The molecule has 1 amide bonds. The van der Waals surface area contributed by atoms with Crippen LogP contribution in [0.2, 0.25) is 5.02 Å². The van der Waals surface area contributed by atoms with Gasteiger partial charge in [-0.3, -0.25) is 4.79 Å². The van der Waals surface area contributed by atoms with Gasteiger partial charge in [0, 0.05) is 12.2 Å². The van der Waals surface area contributed by atoms with Crippen LogP contribution in [0.1, 0.15) is 50.5 Å². The van der Waals surface area contributed by atoms with Gasteiger partial charge >= 0.3 is 5.97 Å². The number of amides is 1. The van der Waals surface area contributed by atoms with Crippen LogP contribution in [0.3, 0.4) is 0 Å². The Hall–Kier alpha value is -1.49. The molecule has 6 heteroatoms. The number of carbonyl (C=O) groups excluding carboxylic acids is 2. The minimum Gasteiger partial charge on any atom is -0.448 e. The van der Waals surface area contributed by atoms with Gasteiger partial charge < -0.3 is 15.0 Å². The minimum atomic E-state index is -0.834. The number of hydrogen-bond acceptors (Lipinski definition) is 3. The van der Waals surface area contributed by atoms with Gasteiger partial charge in [0.05, 0.1) is 5.02 Å². The second-order valence-electron chi connectivity index (χ2n) is 6.16. The summed E-state index contributed by atoms with van der Waals surface area (Å²) >= 11 is 5.74. The van der Waals surface area contributed by atoms with Crippen molar-refractivity contribution in [1.82, 2.24) is 10.3 Å². The molecule has 0 spiro atoms. The van der Waals surface area contributed by atoms with Crippen LogP contribution in [-0.4, -0.2) is 29.0 Å². The van der Waals surface area contributed by atoms with Crippen LogP contribution in [0.5, 0.6) is 0 Å². The van der Waals surface area contributed by atoms with E-state index >= 15 is 0 Å². The molecule has 2 N–H and O–H groups in total. The average Bonchev–Trinajstić information content (AvgIpc) is 2.90. The average molecular weight is 327 g/mol. The van der Waals surface area contributed by atoms with Crippen LogP contribution >= 0.6 is 11.6 Å². The third kappa shape index (κ3) is 4.03. The first-order valence-corrected chi connectivity index (χ1v) is 8.11. The highest BCUT2D eigenvalue weighted by Crippen LogP contribution is 2.29. The first-order valence-electron chi connectivity index (χ1n) is 7.73. The van der Waals surface area contributed by atoms with E-state index in [-0.39, 0.29) is 17.6 Å². The lowest BCUT2D eigenvalue weighted by atomic mass is 9.78. The quantitative estimate of drug-likeness (QED) is 0.835. The number of halogens is 1. The normalized spacial score (nSPS) is 26.3. The van der Waals surface area contributed by atoms with Gasteiger partial charge in [-0.2, -0.15) is 0 Å². The molecule has 1 fully saturated rings. The number of aromatic amines is 1. The van der Waals surface area contributed by atoms with Gasteiger partial charge in [-0.25, -0.2) is 4.79 Å². The Kier molecular flexibility index (Phi) is 5.51. The molecule has 22 heavy (non-hydrogen) atoms. The number of nitrogens with one attached hydrogen (secondary N) is 2. The highest BCUT2D eigenvalue weighted by atomic mass is 35.5. The Morgan fingerprint density at radius 2 is 2.14 bits per heavy atom. The molecular weight excluding hydrogens is 304 g/mol. The van der Waals surface area contributed by atoms with Gasteiger partial charge in [0.25, 0.3) is 5.91 Å². The number of carbonyl (C=O) groups is 2. The number of aromatic nitrogens is 1. The topological polar surface area (TPSA) is 71.2 Å². The van der Waals surface area contributed by atoms with Crippen LogP contribution in [0.25, 0.3) is 0 Å². The molecule has 0 bridgehead atoms. The first kappa shape index (κ1) is 16.9. The molecule has 0 aliphatic heterocycles. The van der Waals surface area contributed by atoms with Crippen LogP contribution in [0, 0.1) is 11.8 Å². The van der Waals surface area contributed by atoms with Gasteiger partial charge in [-0.15, -0.1) is 0 Å². The van der Waals surface area contributed by atoms with Crippen molar-refractivity contribution in [3.05, 3.63) is 23.0 Å². The molecule has 2 rings (SSSR count). The largest absolute Gasteiger partial charge is 0.448 e. The van der Waals surface area contributed by atoms with Crippen molar-refractivity contribution in [1.29, 1.82) is 0 Å². The number of rotatable bonds is 4. The summed E-state index contributed by atoms with van der Waals surface area (Å²) < 4.78 is 5.17. The predicted octanol–water partition coefficient (Wildman–Crippen LogP) is 3.15. The minimum absolute atomic E-state index is 0.150. The monoisotopic (exact) mass is 326 g/mol. The second-order valence-corrected chi connectivity index (χ2v) is 6.60. The van der Waals surface area contributed by atoms with Crippen molar-refractivity contribution in [2.45, 2.75) is 52.2 Å². The zero-order chi connectivity index (χ0) is 16.3. The Morgan fingerprint density at radius 3 is 2.77 bits per heavy atom. The molecule has 122 valence electrons. The SMILES string of the molecule is C[C@@H]1[C@H](C)CCC[C@H]1NC(=O)[C@H](C)OC(=O)c1cc(Cl)c[nH]1. The maximum absolute atomic E-state index is 12.2. The first-order chi connectivity index (χ1) is 10.4. The fourth-order valence-corrected chi connectivity index (χ4v) is 3.01. The number of ether oxygens (including phenoxy) is 1. The lowest BCUT2D eigenvalue weighted by Crippen LogP contribution is -2.47. The maximum Gasteiger partial charge on any atom is 0.355 e. The Balaban J connectivity index is 1.88. The van der Waals surface area contributed by atoms with E-state index in [0.29, 0.717) is 16.9 Å². The van der Waals surface area contributed by atoms with E-state index in [0.717, 1.165) is 12.8 Å². The maximum atomic E-state index is 12.2. The second kappa shape index (κ2) is 7.18. The fraction of sp³-hybridized carbons (Fsp3) is 0.625. The molecule has 1 aromatic rings. The standard InChI is InChI=1S/C16H23ClN2O3/c1-9-5-4-6-13(10(9)2)19-15(20)11(3)22-16(21)14-7-12(17)8-18-14/h7-11,13,18H,4-6H2,1-3H3,(H,19,20)/t9-,10-,11+,13-/m1/s1. The highest BCUT2D eigenvalue weighted by Gasteiger charge is 2.30. The summed E-state index contributed by atoms with van der Waals surface area (Å²) in [5, 5.41) is 3.43. The molecule has 0 unspecified atom stereocenters. The fourth-order valence-electron chi connectivity index (χ4n) is 2.85. The van der Waals surface area contributed by atoms with Crippen molar-refractivity contribution in [3.63, 3.8) is 0 Å². The van der Waals surface area contributed by atoms with E-state index in [9.17, 15) is 9.59 Å². The van der Waals surface area contributed by atoms with E-state index in [4.69, 9.17) is 16.3 Å². The zero-order valence-corrected chi connectivity index (χ0v) is 13.9. The van der Waals surface area contributed by atoms with Crippen molar-refractivity contribution >= 4 is 23.5 Å². The molecule has 1 aliphatic rings. The molecule has 0 aromatic carbocycles. The predicted molar refractivity (Wildman–Crippen MR) is 84.8 cm³/mol. The molecule has 1 aliphatic carbocycles. The third-order valence-electron chi connectivity index (χ3n) is 4.56. The van der Waals surface area contributed by atoms with E-state index in [1.165, 1.54) is 18.7 Å². The summed E-state index contributed by atoms with van der Waals surface area (Å²) in [5.74, 6) is 0.192. The molecule has 1 saturated carbocycles. The molecule has 5 nitrogen and oxygen atoms in total. The van der Waals surface area contributed by atoms with E-state index in [2.05, 4.69) is 24.1 Å². The van der Waals surface area contributed by atoms with Crippen LogP contribution in [0.4, 0.5) is 0 Å². The summed E-state index contributed by atoms with van der Waals surface area (Å²) in [6.07, 6.45) is 3.95. The van der Waals surface area contributed by atoms with E-state index in [1.54, 1.807) is 6.92 Å². The van der Waals surface area contributed by atoms with E-state index in [1.807, 2.05) is 0 Å². The number of H-pyrrole nitrogens is 1. The van der Waals surface area contributed by atoms with Gasteiger partial charge in [0.15, 0.2) is 6.10 Å². The molecular formula is C16H23ClN2O3. The summed E-state index contributed by atoms with van der Waals surface area (Å²) in [7, 11) is 0. The van der Waals surface area contributed by atoms with Crippen molar-refractivity contribution < 1.29 is 14.3 Å². The molecule has 0 radical (unpaired) electrons. The van der Waals surface area contributed by atoms with E-state index < -0.39 is 12.1 Å². The summed E-state index contributed by atoms with van der Waals surface area (Å²) in [4.78, 5) is 26.8. The van der Waals surface area contributed by atoms with Crippen molar-refractivity contribution in [3.8, 4) is 0 Å². The smallest absolute Gasteiger partial charge is 0.355 e. The number of hydrogen-bond donors (Lipinski definition) is 2. The van der Waals surface area contributed by atoms with Gasteiger partial charge in [0.2, 0.25) is 0 Å².